The van der Waals surface area contributed by atoms with Crippen molar-refractivity contribution in [2.24, 2.45) is 0 Å². The Hall–Kier alpha value is -2.11. The van der Waals surface area contributed by atoms with Crippen molar-refractivity contribution in [2.75, 3.05) is 11.2 Å². The maximum atomic E-state index is 12.4. The van der Waals surface area contributed by atoms with Crippen molar-refractivity contribution in [3.63, 3.8) is 0 Å². The molecule has 2 aromatic rings. The second-order valence-corrected chi connectivity index (χ2v) is 5.91. The number of aromatic nitrogens is 2. The summed E-state index contributed by atoms with van der Waals surface area (Å²) in [6.07, 6.45) is 1.76. The Balaban J connectivity index is 2.15. The summed E-state index contributed by atoms with van der Waals surface area (Å²) in [5, 5.41) is 16.2. The number of hydrogen-bond acceptors (Lipinski definition) is 5. The highest BCUT2D eigenvalue weighted by molar-refractivity contribution is 9.10. The van der Waals surface area contributed by atoms with Gasteiger partial charge in [-0.3, -0.25) is 14.7 Å². The topological polar surface area (TPSA) is 89.8 Å². The van der Waals surface area contributed by atoms with E-state index in [0.29, 0.717) is 20.6 Å². The van der Waals surface area contributed by atoms with Crippen LogP contribution in [0.3, 0.4) is 0 Å². The minimum absolute atomic E-state index is 0.115. The maximum absolute atomic E-state index is 12.4. The zero-order valence-corrected chi connectivity index (χ0v) is 13.1. The van der Waals surface area contributed by atoms with Crippen molar-refractivity contribution in [3.05, 3.63) is 39.4 Å². The summed E-state index contributed by atoms with van der Waals surface area (Å²) in [4.78, 5) is 25.8. The van der Waals surface area contributed by atoms with Crippen LogP contribution < -0.4 is 4.90 Å². The summed E-state index contributed by atoms with van der Waals surface area (Å²) in [6, 6.07) is 6.85. The standard InChI is InChI=1S/C13H7BrN4O2S/c1-21-11-9(5-15)10(16-17-11)18-12(19)7-3-2-6(14)4-8(7)13(18)20/h2-4H,1H3,(H,16,17). The number of nitriles is 1. The molecule has 0 atom stereocenters. The molecule has 8 heteroatoms. The lowest BCUT2D eigenvalue weighted by molar-refractivity contribution is 0.0925. The van der Waals surface area contributed by atoms with Gasteiger partial charge in [-0.05, 0) is 24.5 Å². The van der Waals surface area contributed by atoms with Crippen LogP contribution in [0.15, 0.2) is 27.7 Å². The summed E-state index contributed by atoms with van der Waals surface area (Å²) in [6.45, 7) is 0. The summed E-state index contributed by atoms with van der Waals surface area (Å²) >= 11 is 4.54. The third-order valence-electron chi connectivity index (χ3n) is 3.09. The molecule has 0 aliphatic carbocycles. The highest BCUT2D eigenvalue weighted by Gasteiger charge is 2.39. The van der Waals surface area contributed by atoms with Crippen molar-refractivity contribution in [2.45, 2.75) is 5.03 Å². The van der Waals surface area contributed by atoms with Gasteiger partial charge in [0.1, 0.15) is 16.7 Å². The second-order valence-electron chi connectivity index (χ2n) is 4.20. The molecule has 0 spiro atoms. The Labute approximate surface area is 132 Å². The lowest BCUT2D eigenvalue weighted by atomic mass is 10.1. The molecule has 1 aliphatic heterocycles. The van der Waals surface area contributed by atoms with Crippen LogP contribution in [0.1, 0.15) is 26.3 Å². The lowest BCUT2D eigenvalue weighted by Gasteiger charge is -2.11. The van der Waals surface area contributed by atoms with Gasteiger partial charge in [0, 0.05) is 4.47 Å². The van der Waals surface area contributed by atoms with Gasteiger partial charge in [-0.15, -0.1) is 11.8 Å². The number of H-pyrrole nitrogens is 1. The molecular formula is C13H7BrN4O2S. The molecule has 0 radical (unpaired) electrons. The van der Waals surface area contributed by atoms with Gasteiger partial charge < -0.3 is 0 Å². The number of hydrogen-bond donors (Lipinski definition) is 1. The fraction of sp³-hybridized carbons (Fsp3) is 0.0769. The minimum Gasteiger partial charge on any atom is -0.268 e. The number of imide groups is 1. The SMILES string of the molecule is CSc1n[nH]c(N2C(=O)c3ccc(Br)cc3C2=O)c1C#N. The second kappa shape index (κ2) is 5.02. The first-order chi connectivity index (χ1) is 10.1. The van der Waals surface area contributed by atoms with Crippen molar-refractivity contribution in [1.29, 1.82) is 5.26 Å². The molecular weight excluding hydrogens is 356 g/mol. The number of nitrogens with one attached hydrogen (secondary N) is 1. The molecule has 2 amide bonds. The minimum atomic E-state index is -0.468. The molecule has 0 bridgehead atoms. The average molecular weight is 363 g/mol. The van der Waals surface area contributed by atoms with Gasteiger partial charge >= 0.3 is 0 Å². The summed E-state index contributed by atoms with van der Waals surface area (Å²) in [5.74, 6) is -0.816. The number of fused-ring (bicyclic) bond motifs is 1. The number of carbonyl (C=O) groups is 2. The molecule has 1 aliphatic rings. The van der Waals surface area contributed by atoms with Crippen LogP contribution >= 0.6 is 27.7 Å². The van der Waals surface area contributed by atoms with Crippen LogP contribution in [0.25, 0.3) is 0 Å². The first-order valence-corrected chi connectivity index (χ1v) is 7.81. The van der Waals surface area contributed by atoms with Crippen LogP contribution in [0.4, 0.5) is 5.82 Å². The molecule has 1 aromatic carbocycles. The largest absolute Gasteiger partial charge is 0.268 e. The van der Waals surface area contributed by atoms with E-state index in [-0.39, 0.29) is 11.4 Å². The first kappa shape index (κ1) is 13.9. The fourth-order valence-corrected chi connectivity index (χ4v) is 2.99. The van der Waals surface area contributed by atoms with E-state index < -0.39 is 11.8 Å². The number of anilines is 1. The highest BCUT2D eigenvalue weighted by Crippen LogP contribution is 2.33. The fourth-order valence-electron chi connectivity index (χ4n) is 2.14. The molecule has 0 unspecified atom stereocenters. The normalized spacial score (nSPS) is 13.5. The number of aromatic amines is 1. The zero-order chi connectivity index (χ0) is 15.1. The summed E-state index contributed by atoms with van der Waals surface area (Å²) in [5.41, 5.74) is 0.807. The molecule has 1 N–H and O–H groups in total. The van der Waals surface area contributed by atoms with Gasteiger partial charge in [0.25, 0.3) is 11.8 Å². The average Bonchev–Trinajstić information content (AvgIpc) is 2.98. The van der Waals surface area contributed by atoms with Crippen molar-refractivity contribution >= 4 is 45.3 Å². The van der Waals surface area contributed by atoms with Crippen LogP contribution in [-0.4, -0.2) is 28.3 Å². The third kappa shape index (κ3) is 1.97. The first-order valence-electron chi connectivity index (χ1n) is 5.79. The van der Waals surface area contributed by atoms with Crippen molar-refractivity contribution in [3.8, 4) is 6.07 Å². The molecule has 3 rings (SSSR count). The van der Waals surface area contributed by atoms with Crippen LogP contribution in [0, 0.1) is 11.3 Å². The maximum Gasteiger partial charge on any atom is 0.267 e. The molecule has 0 fully saturated rings. The zero-order valence-electron chi connectivity index (χ0n) is 10.7. The number of nitrogens with zero attached hydrogens (tertiary/aromatic N) is 3. The van der Waals surface area contributed by atoms with Crippen molar-refractivity contribution in [1.82, 2.24) is 10.2 Å². The number of thioether (sulfide) groups is 1. The molecule has 104 valence electrons. The Morgan fingerprint density at radius 1 is 1.33 bits per heavy atom. The predicted molar refractivity (Wildman–Crippen MR) is 80.4 cm³/mol. The highest BCUT2D eigenvalue weighted by atomic mass is 79.9. The summed E-state index contributed by atoms with van der Waals surface area (Å²) < 4.78 is 0.708. The summed E-state index contributed by atoms with van der Waals surface area (Å²) in [7, 11) is 0. The molecule has 0 saturated heterocycles. The Morgan fingerprint density at radius 3 is 2.71 bits per heavy atom. The van der Waals surface area contributed by atoms with Crippen molar-refractivity contribution < 1.29 is 9.59 Å². The smallest absolute Gasteiger partial charge is 0.267 e. The molecule has 0 saturated carbocycles. The quantitative estimate of drug-likeness (QED) is 0.654. The van der Waals surface area contributed by atoms with Crippen LogP contribution in [-0.2, 0) is 0 Å². The van der Waals surface area contributed by atoms with Crippen LogP contribution in [0.2, 0.25) is 0 Å². The van der Waals surface area contributed by atoms with Gasteiger partial charge in [-0.25, -0.2) is 4.90 Å². The van der Waals surface area contributed by atoms with E-state index in [4.69, 9.17) is 0 Å². The number of carbonyl (C=O) groups excluding carboxylic acids is 2. The Morgan fingerprint density at radius 2 is 2.05 bits per heavy atom. The molecule has 1 aromatic heterocycles. The van der Waals surface area contributed by atoms with Gasteiger partial charge in [-0.2, -0.15) is 10.4 Å². The number of amides is 2. The molecule has 2 heterocycles. The predicted octanol–water partition coefficient (Wildman–Crippen LogP) is 2.57. The van der Waals surface area contributed by atoms with E-state index in [9.17, 15) is 14.9 Å². The Bertz CT molecular complexity index is 824. The van der Waals surface area contributed by atoms with Gasteiger partial charge in [0.15, 0.2) is 5.82 Å². The Kier molecular flexibility index (Phi) is 3.31. The van der Waals surface area contributed by atoms with Gasteiger partial charge in [-0.1, -0.05) is 15.9 Å². The number of benzene rings is 1. The van der Waals surface area contributed by atoms with E-state index in [2.05, 4.69) is 26.1 Å². The van der Waals surface area contributed by atoms with E-state index >= 15 is 0 Å². The number of halogens is 1. The van der Waals surface area contributed by atoms with E-state index in [1.165, 1.54) is 11.8 Å². The molecule has 6 nitrogen and oxygen atoms in total. The van der Waals surface area contributed by atoms with E-state index in [1.54, 1.807) is 24.5 Å². The third-order valence-corrected chi connectivity index (χ3v) is 4.27. The van der Waals surface area contributed by atoms with Gasteiger partial charge in [0.2, 0.25) is 0 Å². The molecule has 21 heavy (non-hydrogen) atoms. The lowest BCUT2D eigenvalue weighted by Crippen LogP contribution is -2.30. The number of rotatable bonds is 2. The monoisotopic (exact) mass is 362 g/mol. The van der Waals surface area contributed by atoms with Gasteiger partial charge in [0.05, 0.1) is 11.1 Å². The van der Waals surface area contributed by atoms with E-state index in [1.807, 2.05) is 6.07 Å². The van der Waals surface area contributed by atoms with E-state index in [0.717, 1.165) is 4.90 Å². The van der Waals surface area contributed by atoms with Crippen LogP contribution in [0.5, 0.6) is 0 Å².